The fraction of sp³-hybridized carbons (Fsp3) is 0. The summed E-state index contributed by atoms with van der Waals surface area (Å²) in [6, 6.07) is 8.86. The van der Waals surface area contributed by atoms with Gasteiger partial charge in [-0.15, -0.1) is 0 Å². The third-order valence-electron chi connectivity index (χ3n) is 3.09. The van der Waals surface area contributed by atoms with Gasteiger partial charge in [0.2, 0.25) is 0 Å². The van der Waals surface area contributed by atoms with Crippen molar-refractivity contribution in [2.45, 2.75) is 0 Å². The standard InChI is InChI=1S/C13H7ClN4OS/c14-7-3-1-6(2-4-7)9-8(5-15)11(16)18-10(9)12(19)17-13(18)20/h1-4H,16H2,(H,17,19,20). The van der Waals surface area contributed by atoms with Crippen LogP contribution in [0.4, 0.5) is 5.82 Å². The van der Waals surface area contributed by atoms with Crippen molar-refractivity contribution in [2.75, 3.05) is 5.73 Å². The van der Waals surface area contributed by atoms with E-state index in [4.69, 9.17) is 29.6 Å². The van der Waals surface area contributed by atoms with Gasteiger partial charge in [0, 0.05) is 10.6 Å². The monoisotopic (exact) mass is 302 g/mol. The number of hydrogen-bond acceptors (Lipinski definition) is 4. The molecule has 0 saturated carbocycles. The Bertz CT molecular complexity index is 801. The molecule has 0 fully saturated rings. The van der Waals surface area contributed by atoms with Crippen LogP contribution in [0, 0.1) is 11.3 Å². The van der Waals surface area contributed by atoms with Crippen LogP contribution in [-0.2, 0) is 0 Å². The van der Waals surface area contributed by atoms with Gasteiger partial charge >= 0.3 is 0 Å². The quantitative estimate of drug-likeness (QED) is 0.791. The minimum Gasteiger partial charge on any atom is -0.384 e. The van der Waals surface area contributed by atoms with E-state index in [9.17, 15) is 10.1 Å². The van der Waals surface area contributed by atoms with Crippen LogP contribution in [0.5, 0.6) is 0 Å². The summed E-state index contributed by atoms with van der Waals surface area (Å²) < 4.78 is 1.39. The lowest BCUT2D eigenvalue weighted by Crippen LogP contribution is -2.23. The Morgan fingerprint density at radius 3 is 2.60 bits per heavy atom. The number of nitriles is 1. The summed E-state index contributed by atoms with van der Waals surface area (Å²) in [4.78, 5) is 12.0. The molecule has 1 aliphatic rings. The first-order valence-corrected chi connectivity index (χ1v) is 6.39. The molecule has 98 valence electrons. The molecule has 0 atom stereocenters. The Kier molecular flexibility index (Phi) is 2.74. The van der Waals surface area contributed by atoms with Crippen LogP contribution in [0.25, 0.3) is 11.1 Å². The number of halogens is 1. The largest absolute Gasteiger partial charge is 0.384 e. The normalized spacial score (nSPS) is 13.0. The minimum absolute atomic E-state index is 0.163. The van der Waals surface area contributed by atoms with Crippen molar-refractivity contribution in [2.24, 2.45) is 0 Å². The van der Waals surface area contributed by atoms with Gasteiger partial charge in [0.05, 0.1) is 0 Å². The van der Waals surface area contributed by atoms with E-state index in [0.717, 1.165) is 0 Å². The predicted octanol–water partition coefficient (Wildman–Crippen LogP) is 2.14. The fourth-order valence-corrected chi connectivity index (χ4v) is 2.65. The number of fused-ring (bicyclic) bond motifs is 1. The molecule has 3 N–H and O–H groups in total. The molecule has 2 heterocycles. The van der Waals surface area contributed by atoms with Crippen molar-refractivity contribution in [1.82, 2.24) is 9.88 Å². The van der Waals surface area contributed by atoms with Crippen molar-refractivity contribution in [3.05, 3.63) is 40.5 Å². The molecule has 1 aromatic carbocycles. The highest BCUT2D eigenvalue weighted by Crippen LogP contribution is 2.36. The average Bonchev–Trinajstić information content (AvgIpc) is 2.87. The molecule has 5 nitrogen and oxygen atoms in total. The molecular formula is C13H7ClN4OS. The molecule has 0 radical (unpaired) electrons. The highest BCUT2D eigenvalue weighted by molar-refractivity contribution is 7.80. The molecule has 0 spiro atoms. The number of nitrogen functional groups attached to an aromatic ring is 1. The van der Waals surface area contributed by atoms with Gasteiger partial charge in [-0.25, -0.2) is 0 Å². The van der Waals surface area contributed by atoms with Gasteiger partial charge in [0.15, 0.2) is 5.11 Å². The third kappa shape index (κ3) is 1.61. The first-order chi connectivity index (χ1) is 9.54. The summed E-state index contributed by atoms with van der Waals surface area (Å²) in [5.74, 6) is -0.205. The Hall–Kier alpha value is -2.36. The molecule has 2 aromatic rings. The van der Waals surface area contributed by atoms with Crippen LogP contribution in [0.3, 0.4) is 0 Å². The van der Waals surface area contributed by atoms with Gasteiger partial charge in [0.1, 0.15) is 23.1 Å². The van der Waals surface area contributed by atoms with Gasteiger partial charge in [-0.3, -0.25) is 14.7 Å². The SMILES string of the molecule is N#Cc1c(-c2ccc(Cl)cc2)c2n(c1N)C(=S)NC2=O. The van der Waals surface area contributed by atoms with Crippen molar-refractivity contribution in [3.63, 3.8) is 0 Å². The smallest absolute Gasteiger partial charge is 0.275 e. The third-order valence-corrected chi connectivity index (χ3v) is 3.63. The van der Waals surface area contributed by atoms with E-state index < -0.39 is 0 Å². The Labute approximate surface area is 124 Å². The highest BCUT2D eigenvalue weighted by atomic mass is 35.5. The average molecular weight is 303 g/mol. The predicted molar refractivity (Wildman–Crippen MR) is 79.5 cm³/mol. The van der Waals surface area contributed by atoms with Crippen molar-refractivity contribution < 1.29 is 4.79 Å². The summed E-state index contributed by atoms with van der Waals surface area (Å²) >= 11 is 10.9. The maximum absolute atomic E-state index is 12.0. The molecule has 1 aromatic heterocycles. The Morgan fingerprint density at radius 2 is 2.00 bits per heavy atom. The van der Waals surface area contributed by atoms with E-state index in [2.05, 4.69) is 5.32 Å². The molecule has 20 heavy (non-hydrogen) atoms. The van der Waals surface area contributed by atoms with E-state index in [1.54, 1.807) is 24.3 Å². The molecule has 3 rings (SSSR count). The number of amides is 1. The number of hydrogen-bond donors (Lipinski definition) is 2. The van der Waals surface area contributed by atoms with Gasteiger partial charge in [-0.2, -0.15) is 5.26 Å². The van der Waals surface area contributed by atoms with Crippen molar-refractivity contribution >= 4 is 40.7 Å². The molecule has 7 heteroatoms. The molecule has 0 unspecified atom stereocenters. The van der Waals surface area contributed by atoms with Crippen LogP contribution in [0.15, 0.2) is 24.3 Å². The fourth-order valence-electron chi connectivity index (χ4n) is 2.24. The zero-order valence-corrected chi connectivity index (χ0v) is 11.5. The zero-order valence-electron chi connectivity index (χ0n) is 9.98. The molecule has 1 amide bonds. The van der Waals surface area contributed by atoms with Gasteiger partial charge in [-0.1, -0.05) is 23.7 Å². The van der Waals surface area contributed by atoms with E-state index in [1.807, 2.05) is 6.07 Å². The summed E-state index contributed by atoms with van der Waals surface area (Å²) in [5, 5.41) is 12.6. The van der Waals surface area contributed by atoms with Crippen molar-refractivity contribution in [3.8, 4) is 17.2 Å². The van der Waals surface area contributed by atoms with Gasteiger partial charge < -0.3 is 5.73 Å². The van der Waals surface area contributed by atoms with Crippen molar-refractivity contribution in [1.29, 1.82) is 5.26 Å². The number of anilines is 1. The number of thiocarbonyl (C=S) groups is 1. The summed E-state index contributed by atoms with van der Waals surface area (Å²) in [6.45, 7) is 0. The lowest BCUT2D eigenvalue weighted by molar-refractivity contribution is 0.0982. The zero-order chi connectivity index (χ0) is 14.4. The van der Waals surface area contributed by atoms with Crippen LogP contribution >= 0.6 is 23.8 Å². The number of rotatable bonds is 1. The topological polar surface area (TPSA) is 83.8 Å². The Balaban J connectivity index is 2.37. The first kappa shape index (κ1) is 12.7. The molecule has 1 aliphatic heterocycles. The first-order valence-electron chi connectivity index (χ1n) is 5.60. The van der Waals surface area contributed by atoms with Crippen LogP contribution in [-0.4, -0.2) is 15.6 Å². The lowest BCUT2D eigenvalue weighted by atomic mass is 10.0. The molecule has 0 bridgehead atoms. The van der Waals surface area contributed by atoms with Crippen LogP contribution in [0.1, 0.15) is 16.1 Å². The van der Waals surface area contributed by atoms with E-state index in [0.29, 0.717) is 16.1 Å². The van der Waals surface area contributed by atoms with Gasteiger partial charge in [-0.05, 0) is 29.9 Å². The van der Waals surface area contributed by atoms with Crippen LogP contribution < -0.4 is 11.1 Å². The molecule has 0 aliphatic carbocycles. The highest BCUT2D eigenvalue weighted by Gasteiger charge is 2.34. The number of nitrogens with two attached hydrogens (primary N) is 1. The Morgan fingerprint density at radius 1 is 1.35 bits per heavy atom. The summed E-state index contributed by atoms with van der Waals surface area (Å²) in [6.07, 6.45) is 0. The maximum Gasteiger partial charge on any atom is 0.275 e. The number of nitrogens with zero attached hydrogens (tertiary/aromatic N) is 2. The summed E-state index contributed by atoms with van der Waals surface area (Å²) in [7, 11) is 0. The van der Waals surface area contributed by atoms with Crippen LogP contribution in [0.2, 0.25) is 5.02 Å². The number of carbonyl (C=O) groups excluding carboxylic acids is 1. The second kappa shape index (κ2) is 4.34. The number of carbonyl (C=O) groups is 1. The minimum atomic E-state index is -0.367. The maximum atomic E-state index is 12.0. The lowest BCUT2D eigenvalue weighted by Gasteiger charge is -2.02. The van der Waals surface area contributed by atoms with E-state index in [-0.39, 0.29) is 28.1 Å². The molecule has 0 saturated heterocycles. The number of aromatic nitrogens is 1. The van der Waals surface area contributed by atoms with Gasteiger partial charge in [0.25, 0.3) is 5.91 Å². The second-order valence-electron chi connectivity index (χ2n) is 4.20. The van der Waals surface area contributed by atoms with E-state index >= 15 is 0 Å². The number of benzene rings is 1. The molecular weight excluding hydrogens is 296 g/mol. The number of nitrogens with one attached hydrogen (secondary N) is 1. The summed E-state index contributed by atoms with van der Waals surface area (Å²) in [5.41, 5.74) is 7.60. The second-order valence-corrected chi connectivity index (χ2v) is 5.02. The van der Waals surface area contributed by atoms with E-state index in [1.165, 1.54) is 4.57 Å².